The third-order valence-electron chi connectivity index (χ3n) is 3.48. The zero-order chi connectivity index (χ0) is 18.9. The van der Waals surface area contributed by atoms with Crippen LogP contribution >= 0.6 is 0 Å². The van der Waals surface area contributed by atoms with Gasteiger partial charge < -0.3 is 9.52 Å². The number of nitrogens with two attached hydrogens (primary N) is 1. The number of sulfonamides is 2. The number of furan rings is 1. The second-order valence-corrected chi connectivity index (χ2v) is 8.58. The molecule has 26 heavy (non-hydrogen) atoms. The summed E-state index contributed by atoms with van der Waals surface area (Å²) < 4.78 is 55.4. The Hall–Kier alpha value is -2.82. The molecule has 0 aliphatic rings. The molecule has 2 aromatic carbocycles. The minimum atomic E-state index is -4.04. The molecule has 4 N–H and O–H groups in total. The monoisotopic (exact) mass is 394 g/mol. The lowest BCUT2D eigenvalue weighted by Gasteiger charge is -2.10. The van der Waals surface area contributed by atoms with Crippen LogP contribution in [0.2, 0.25) is 0 Å². The normalized spacial score (nSPS) is 12.0. The van der Waals surface area contributed by atoms with Gasteiger partial charge in [-0.1, -0.05) is 6.07 Å². The van der Waals surface area contributed by atoms with Gasteiger partial charge in [0.1, 0.15) is 11.5 Å². The zero-order valence-corrected chi connectivity index (χ0v) is 14.8. The Bertz CT molecular complexity index is 1150. The lowest BCUT2D eigenvalue weighted by Crippen LogP contribution is -2.15. The van der Waals surface area contributed by atoms with Crippen molar-refractivity contribution in [3.05, 3.63) is 60.9 Å². The molecule has 0 atom stereocenters. The van der Waals surface area contributed by atoms with Crippen molar-refractivity contribution in [3.8, 4) is 17.1 Å². The summed E-state index contributed by atoms with van der Waals surface area (Å²) in [6, 6.07) is 12.0. The maximum atomic E-state index is 12.6. The molecular weight excluding hydrogens is 380 g/mol. The third kappa shape index (κ3) is 3.72. The molecule has 0 fully saturated rings. The predicted octanol–water partition coefficient (Wildman–Crippen LogP) is 2.10. The van der Waals surface area contributed by atoms with E-state index in [0.29, 0.717) is 5.76 Å². The van der Waals surface area contributed by atoms with Crippen molar-refractivity contribution in [3.63, 3.8) is 0 Å². The van der Waals surface area contributed by atoms with E-state index in [1.807, 2.05) is 0 Å². The van der Waals surface area contributed by atoms with Crippen LogP contribution in [-0.4, -0.2) is 21.9 Å². The van der Waals surface area contributed by atoms with Gasteiger partial charge in [0.25, 0.3) is 10.0 Å². The van der Waals surface area contributed by atoms with E-state index in [0.717, 1.165) is 6.07 Å². The topological polar surface area (TPSA) is 140 Å². The van der Waals surface area contributed by atoms with Crippen molar-refractivity contribution in [2.75, 3.05) is 4.72 Å². The summed E-state index contributed by atoms with van der Waals surface area (Å²) >= 11 is 0. The Balaban J connectivity index is 1.98. The van der Waals surface area contributed by atoms with Crippen LogP contribution in [0.3, 0.4) is 0 Å². The number of hydrogen-bond donors (Lipinski definition) is 3. The van der Waals surface area contributed by atoms with Gasteiger partial charge >= 0.3 is 0 Å². The molecule has 3 aromatic rings. The molecule has 3 rings (SSSR count). The summed E-state index contributed by atoms with van der Waals surface area (Å²) in [5.74, 6) is 0.158. The van der Waals surface area contributed by atoms with Gasteiger partial charge in [0.2, 0.25) is 10.0 Å². The van der Waals surface area contributed by atoms with Crippen molar-refractivity contribution in [1.82, 2.24) is 0 Å². The number of hydrogen-bond acceptors (Lipinski definition) is 6. The molecule has 0 bridgehead atoms. The van der Waals surface area contributed by atoms with E-state index in [1.54, 1.807) is 12.1 Å². The quantitative estimate of drug-likeness (QED) is 0.605. The highest BCUT2D eigenvalue weighted by atomic mass is 32.2. The van der Waals surface area contributed by atoms with Crippen molar-refractivity contribution in [2.45, 2.75) is 9.79 Å². The van der Waals surface area contributed by atoms with Crippen LogP contribution in [0.5, 0.6) is 5.75 Å². The first-order chi connectivity index (χ1) is 12.2. The van der Waals surface area contributed by atoms with Gasteiger partial charge in [0.05, 0.1) is 27.3 Å². The molecule has 8 nitrogen and oxygen atoms in total. The number of aromatic hydroxyl groups is 1. The summed E-state index contributed by atoms with van der Waals surface area (Å²) in [7, 11) is -8.01. The van der Waals surface area contributed by atoms with Gasteiger partial charge in [0, 0.05) is 0 Å². The Kier molecular flexibility index (Phi) is 4.48. The molecule has 10 heteroatoms. The summed E-state index contributed by atoms with van der Waals surface area (Å²) in [6.07, 6.45) is 1.40. The minimum Gasteiger partial charge on any atom is -0.507 e. The minimum absolute atomic E-state index is 0.0316. The number of phenolic OH excluding ortho intramolecular Hbond substituents is 1. The van der Waals surface area contributed by atoms with Crippen molar-refractivity contribution >= 4 is 25.7 Å². The Labute approximate surface area is 150 Å². The van der Waals surface area contributed by atoms with E-state index in [1.165, 1.54) is 42.7 Å². The maximum Gasteiger partial charge on any atom is 0.261 e. The van der Waals surface area contributed by atoms with Crippen LogP contribution in [0.4, 0.5) is 5.69 Å². The SMILES string of the molecule is NS(=O)(=O)c1cccc(NS(=O)(=O)c2ccc(O)c(-c3ccco3)c2)c1. The maximum absolute atomic E-state index is 12.6. The molecule has 0 amide bonds. The average Bonchev–Trinajstić information content (AvgIpc) is 3.08. The second-order valence-electron chi connectivity index (χ2n) is 5.33. The van der Waals surface area contributed by atoms with Crippen LogP contribution in [0.25, 0.3) is 11.3 Å². The lowest BCUT2D eigenvalue weighted by atomic mass is 10.1. The van der Waals surface area contributed by atoms with Crippen LogP contribution < -0.4 is 9.86 Å². The predicted molar refractivity (Wildman–Crippen MR) is 94.4 cm³/mol. The summed E-state index contributed by atoms with van der Waals surface area (Å²) in [5, 5.41) is 15.0. The third-order valence-corrected chi connectivity index (χ3v) is 5.77. The van der Waals surface area contributed by atoms with E-state index in [2.05, 4.69) is 4.72 Å². The lowest BCUT2D eigenvalue weighted by molar-refractivity contribution is 0.473. The second kappa shape index (κ2) is 6.48. The summed E-state index contributed by atoms with van der Waals surface area (Å²) in [6.45, 7) is 0. The van der Waals surface area contributed by atoms with E-state index < -0.39 is 20.0 Å². The fourth-order valence-corrected chi connectivity index (χ4v) is 3.90. The standard InChI is InChI=1S/C16H14N2O6S2/c17-25(20,21)12-4-1-3-11(9-12)18-26(22,23)13-6-7-15(19)14(10-13)16-5-2-8-24-16/h1-10,18-19H,(H2,17,20,21). The van der Waals surface area contributed by atoms with Gasteiger partial charge in [0.15, 0.2) is 0 Å². The van der Waals surface area contributed by atoms with Crippen LogP contribution in [0.1, 0.15) is 0 Å². The smallest absolute Gasteiger partial charge is 0.261 e. The fourth-order valence-electron chi connectivity index (χ4n) is 2.26. The number of primary sulfonamides is 1. The average molecular weight is 394 g/mol. The van der Waals surface area contributed by atoms with Gasteiger partial charge in [-0.25, -0.2) is 22.0 Å². The van der Waals surface area contributed by atoms with Gasteiger partial charge in [-0.3, -0.25) is 4.72 Å². The molecule has 0 saturated heterocycles. The fraction of sp³-hybridized carbons (Fsp3) is 0. The molecule has 0 aliphatic carbocycles. The van der Waals surface area contributed by atoms with Crippen molar-refractivity contribution < 1.29 is 26.4 Å². The molecule has 0 saturated carbocycles. The molecule has 136 valence electrons. The van der Waals surface area contributed by atoms with E-state index in [-0.39, 0.29) is 26.8 Å². The first kappa shape index (κ1) is 18.0. The molecule has 1 aromatic heterocycles. The highest BCUT2D eigenvalue weighted by molar-refractivity contribution is 7.92. The van der Waals surface area contributed by atoms with Crippen LogP contribution in [-0.2, 0) is 20.0 Å². The Morgan fingerprint density at radius 2 is 1.69 bits per heavy atom. The molecular formula is C16H14N2O6S2. The van der Waals surface area contributed by atoms with Gasteiger partial charge in [-0.15, -0.1) is 0 Å². The van der Waals surface area contributed by atoms with E-state index in [4.69, 9.17) is 9.56 Å². The first-order valence-corrected chi connectivity index (χ1v) is 10.2. The van der Waals surface area contributed by atoms with E-state index in [9.17, 15) is 21.9 Å². The van der Waals surface area contributed by atoms with Crippen LogP contribution in [0.15, 0.2) is 75.1 Å². The molecule has 0 aliphatic heterocycles. The number of benzene rings is 2. The molecule has 0 radical (unpaired) electrons. The summed E-state index contributed by atoms with van der Waals surface area (Å²) in [5.41, 5.74) is 0.236. The van der Waals surface area contributed by atoms with Gasteiger partial charge in [-0.2, -0.15) is 0 Å². The van der Waals surface area contributed by atoms with Crippen LogP contribution in [0, 0.1) is 0 Å². The van der Waals surface area contributed by atoms with Crippen molar-refractivity contribution in [2.24, 2.45) is 5.14 Å². The van der Waals surface area contributed by atoms with Gasteiger partial charge in [-0.05, 0) is 48.5 Å². The summed E-state index contributed by atoms with van der Waals surface area (Å²) in [4.78, 5) is -0.359. The molecule has 1 heterocycles. The highest BCUT2D eigenvalue weighted by Gasteiger charge is 2.19. The highest BCUT2D eigenvalue weighted by Crippen LogP contribution is 2.32. The van der Waals surface area contributed by atoms with Crippen molar-refractivity contribution in [1.29, 1.82) is 0 Å². The molecule has 0 spiro atoms. The number of rotatable bonds is 5. The number of phenols is 1. The Morgan fingerprint density at radius 1 is 0.923 bits per heavy atom. The van der Waals surface area contributed by atoms with E-state index >= 15 is 0 Å². The first-order valence-electron chi connectivity index (χ1n) is 7.19. The number of anilines is 1. The molecule has 0 unspecified atom stereocenters. The largest absolute Gasteiger partial charge is 0.507 e. The zero-order valence-electron chi connectivity index (χ0n) is 13.2. The number of nitrogens with one attached hydrogen (secondary N) is 1. The Morgan fingerprint density at radius 3 is 2.35 bits per heavy atom.